The molecule has 4 N–H and O–H groups in total. The fraction of sp³-hybridized carbons (Fsp3) is 0.176. The number of phenols is 1. The number of ether oxygens (including phenoxy) is 2. The van der Waals surface area contributed by atoms with Gasteiger partial charge < -0.3 is 20.3 Å². The van der Waals surface area contributed by atoms with E-state index in [2.05, 4.69) is 15.2 Å². The van der Waals surface area contributed by atoms with Crippen LogP contribution in [0.2, 0.25) is 0 Å². The predicted molar refractivity (Wildman–Crippen MR) is 89.1 cm³/mol. The highest BCUT2D eigenvalue weighted by Crippen LogP contribution is 2.31. The number of nitrogens with one attached hydrogen (secondary N) is 1. The van der Waals surface area contributed by atoms with Crippen molar-refractivity contribution < 1.29 is 14.6 Å². The van der Waals surface area contributed by atoms with E-state index in [1.807, 2.05) is 12.1 Å². The second-order valence-electron chi connectivity index (χ2n) is 5.19. The molecule has 124 valence electrons. The fourth-order valence-electron chi connectivity index (χ4n) is 2.39. The van der Waals surface area contributed by atoms with Crippen LogP contribution in [0.4, 0.5) is 0 Å². The Hall–Kier alpha value is -3.06. The summed E-state index contributed by atoms with van der Waals surface area (Å²) in [7, 11) is 3.15. The summed E-state index contributed by atoms with van der Waals surface area (Å²) in [5.74, 6) is 2.37. The number of hydrogen-bond donors (Lipinski definition) is 3. The van der Waals surface area contributed by atoms with Crippen molar-refractivity contribution in [2.24, 2.45) is 5.73 Å². The Balaban J connectivity index is 1.90. The van der Waals surface area contributed by atoms with Crippen molar-refractivity contribution in [2.75, 3.05) is 14.2 Å². The number of aromatic hydroxyl groups is 1. The Kier molecular flexibility index (Phi) is 4.35. The summed E-state index contributed by atoms with van der Waals surface area (Å²) >= 11 is 0. The highest BCUT2D eigenvalue weighted by atomic mass is 16.5. The maximum Gasteiger partial charge on any atom is 0.181 e. The van der Waals surface area contributed by atoms with Gasteiger partial charge in [-0.1, -0.05) is 18.2 Å². The largest absolute Gasteiger partial charge is 0.508 e. The summed E-state index contributed by atoms with van der Waals surface area (Å²) in [6, 6.07) is 11.7. The van der Waals surface area contributed by atoms with Gasteiger partial charge >= 0.3 is 0 Å². The zero-order valence-corrected chi connectivity index (χ0v) is 13.4. The van der Waals surface area contributed by atoms with Crippen molar-refractivity contribution in [2.45, 2.75) is 6.04 Å². The molecule has 0 saturated heterocycles. The van der Waals surface area contributed by atoms with E-state index in [4.69, 9.17) is 15.2 Å². The van der Waals surface area contributed by atoms with Crippen LogP contribution in [0.3, 0.4) is 0 Å². The van der Waals surface area contributed by atoms with Gasteiger partial charge in [0.1, 0.15) is 11.6 Å². The molecule has 24 heavy (non-hydrogen) atoms. The Morgan fingerprint density at radius 2 is 1.88 bits per heavy atom. The molecule has 0 spiro atoms. The third-order valence-corrected chi connectivity index (χ3v) is 3.67. The standard InChI is InChI=1S/C17H18N4O3/c1-23-13-7-6-10(9-14(13)24-2)15(18)17-19-16(20-21-17)11-4-3-5-12(22)8-11/h3-9,15,22H,18H2,1-2H3,(H,19,20,21)/t15-/m1/s1. The number of methoxy groups -OCH3 is 2. The molecule has 2 aromatic carbocycles. The summed E-state index contributed by atoms with van der Waals surface area (Å²) in [6.45, 7) is 0. The lowest BCUT2D eigenvalue weighted by atomic mass is 10.1. The Morgan fingerprint density at radius 1 is 1.08 bits per heavy atom. The van der Waals surface area contributed by atoms with Crippen molar-refractivity contribution in [1.29, 1.82) is 0 Å². The smallest absolute Gasteiger partial charge is 0.181 e. The van der Waals surface area contributed by atoms with E-state index in [-0.39, 0.29) is 5.75 Å². The van der Waals surface area contributed by atoms with Gasteiger partial charge in [0.05, 0.1) is 20.3 Å². The lowest BCUT2D eigenvalue weighted by Gasteiger charge is -2.13. The third kappa shape index (κ3) is 3.02. The molecule has 3 rings (SSSR count). The van der Waals surface area contributed by atoms with E-state index in [9.17, 15) is 5.11 Å². The molecule has 1 heterocycles. The molecule has 0 aliphatic rings. The molecule has 3 aromatic rings. The lowest BCUT2D eigenvalue weighted by molar-refractivity contribution is 0.354. The highest BCUT2D eigenvalue weighted by Gasteiger charge is 2.17. The number of nitrogens with two attached hydrogens (primary N) is 1. The van der Waals surface area contributed by atoms with Crippen LogP contribution in [0.1, 0.15) is 17.4 Å². The topological polar surface area (TPSA) is 106 Å². The minimum absolute atomic E-state index is 0.156. The SMILES string of the molecule is COc1ccc([C@@H](N)c2nc(-c3cccc(O)c3)n[nH]2)cc1OC. The van der Waals surface area contributed by atoms with Crippen molar-refractivity contribution in [3.05, 3.63) is 53.9 Å². The monoisotopic (exact) mass is 326 g/mol. The van der Waals surface area contributed by atoms with Crippen molar-refractivity contribution >= 4 is 0 Å². The van der Waals surface area contributed by atoms with Crippen LogP contribution in [0.5, 0.6) is 17.2 Å². The van der Waals surface area contributed by atoms with E-state index in [1.54, 1.807) is 44.6 Å². The number of nitrogens with zero attached hydrogens (tertiary/aromatic N) is 2. The fourth-order valence-corrected chi connectivity index (χ4v) is 2.39. The van der Waals surface area contributed by atoms with Gasteiger partial charge in [-0.3, -0.25) is 5.10 Å². The van der Waals surface area contributed by atoms with Gasteiger partial charge in [0.15, 0.2) is 17.3 Å². The molecule has 0 fully saturated rings. The molecule has 0 amide bonds. The second-order valence-corrected chi connectivity index (χ2v) is 5.19. The van der Waals surface area contributed by atoms with Gasteiger partial charge in [0.25, 0.3) is 0 Å². The zero-order chi connectivity index (χ0) is 17.1. The van der Waals surface area contributed by atoms with Crippen LogP contribution < -0.4 is 15.2 Å². The molecule has 0 bridgehead atoms. The Morgan fingerprint density at radius 3 is 2.58 bits per heavy atom. The minimum Gasteiger partial charge on any atom is -0.508 e. The molecule has 0 saturated carbocycles. The number of H-pyrrole nitrogens is 1. The van der Waals surface area contributed by atoms with E-state index < -0.39 is 6.04 Å². The van der Waals surface area contributed by atoms with Gasteiger partial charge in [-0.05, 0) is 29.8 Å². The average Bonchev–Trinajstić information content (AvgIpc) is 3.10. The lowest BCUT2D eigenvalue weighted by Crippen LogP contribution is -2.14. The summed E-state index contributed by atoms with van der Waals surface area (Å²) in [5, 5.41) is 16.6. The number of aromatic amines is 1. The number of phenolic OH excluding ortho intramolecular Hbond substituents is 1. The van der Waals surface area contributed by atoms with Gasteiger partial charge in [0, 0.05) is 5.56 Å². The quantitative estimate of drug-likeness (QED) is 0.664. The van der Waals surface area contributed by atoms with Crippen LogP contribution in [0.25, 0.3) is 11.4 Å². The Labute approximate surface area is 139 Å². The number of benzene rings is 2. The molecule has 7 nitrogen and oxygen atoms in total. The number of aromatic nitrogens is 3. The second kappa shape index (κ2) is 6.59. The van der Waals surface area contributed by atoms with Gasteiger partial charge in [-0.15, -0.1) is 0 Å². The van der Waals surface area contributed by atoms with Crippen LogP contribution in [0, 0.1) is 0 Å². The van der Waals surface area contributed by atoms with E-state index in [0.29, 0.717) is 28.7 Å². The summed E-state index contributed by atoms with van der Waals surface area (Å²) in [5.41, 5.74) is 7.79. The van der Waals surface area contributed by atoms with Crippen molar-refractivity contribution in [1.82, 2.24) is 15.2 Å². The average molecular weight is 326 g/mol. The summed E-state index contributed by atoms with van der Waals surface area (Å²) < 4.78 is 10.5. The molecule has 1 atom stereocenters. The van der Waals surface area contributed by atoms with Gasteiger partial charge in [-0.2, -0.15) is 5.10 Å². The maximum absolute atomic E-state index is 9.56. The van der Waals surface area contributed by atoms with Crippen LogP contribution in [-0.4, -0.2) is 34.5 Å². The highest BCUT2D eigenvalue weighted by molar-refractivity contribution is 5.57. The van der Waals surface area contributed by atoms with Crippen LogP contribution in [0.15, 0.2) is 42.5 Å². The van der Waals surface area contributed by atoms with E-state index >= 15 is 0 Å². The molecule has 0 aliphatic heterocycles. The van der Waals surface area contributed by atoms with Crippen molar-refractivity contribution in [3.8, 4) is 28.6 Å². The van der Waals surface area contributed by atoms with E-state index in [1.165, 1.54) is 0 Å². The minimum atomic E-state index is -0.497. The normalized spacial score (nSPS) is 12.0. The van der Waals surface area contributed by atoms with Crippen LogP contribution in [-0.2, 0) is 0 Å². The first-order valence-corrected chi connectivity index (χ1v) is 7.31. The number of hydrogen-bond acceptors (Lipinski definition) is 6. The van der Waals surface area contributed by atoms with Crippen molar-refractivity contribution in [3.63, 3.8) is 0 Å². The molecule has 1 aromatic heterocycles. The Bertz CT molecular complexity index is 847. The molecular formula is C17H18N4O3. The van der Waals surface area contributed by atoms with Gasteiger partial charge in [-0.25, -0.2) is 4.98 Å². The maximum atomic E-state index is 9.56. The van der Waals surface area contributed by atoms with Gasteiger partial charge in [0.2, 0.25) is 0 Å². The predicted octanol–water partition coefficient (Wildman–Crippen LogP) is 2.24. The summed E-state index contributed by atoms with van der Waals surface area (Å²) in [6.07, 6.45) is 0. The third-order valence-electron chi connectivity index (χ3n) is 3.67. The molecule has 0 radical (unpaired) electrons. The first-order valence-electron chi connectivity index (χ1n) is 7.31. The van der Waals surface area contributed by atoms with E-state index in [0.717, 1.165) is 5.56 Å². The molecule has 0 aliphatic carbocycles. The molecular weight excluding hydrogens is 308 g/mol. The number of rotatable bonds is 5. The first-order chi connectivity index (χ1) is 11.6. The zero-order valence-electron chi connectivity index (χ0n) is 13.4. The molecule has 0 unspecified atom stereocenters. The summed E-state index contributed by atoms with van der Waals surface area (Å²) in [4.78, 5) is 4.42. The van der Waals surface area contributed by atoms with Crippen LogP contribution >= 0.6 is 0 Å². The molecule has 7 heteroatoms. The first kappa shape index (κ1) is 15.8.